The van der Waals surface area contributed by atoms with E-state index in [-0.39, 0.29) is 53.6 Å². The molecule has 1 N–H and O–H groups in total. The number of amides is 1. The molecular formula is C31H32FN7O3. The van der Waals surface area contributed by atoms with Crippen LogP contribution in [0.1, 0.15) is 56.0 Å². The molecule has 1 aliphatic rings. The minimum atomic E-state index is -1.02. The Morgan fingerprint density at radius 3 is 2.52 bits per heavy atom. The average molecular weight is 570 g/mol. The van der Waals surface area contributed by atoms with Crippen molar-refractivity contribution in [3.05, 3.63) is 75.2 Å². The lowest BCUT2D eigenvalue weighted by molar-refractivity contribution is 0.114. The summed E-state index contributed by atoms with van der Waals surface area (Å²) in [4.78, 5) is 43.0. The lowest BCUT2D eigenvalue weighted by Crippen LogP contribution is -2.58. The van der Waals surface area contributed by atoms with Crippen LogP contribution in [0.15, 0.2) is 41.3 Å². The summed E-state index contributed by atoms with van der Waals surface area (Å²) in [5.41, 5.74) is 2.36. The molecule has 216 valence electrons. The third-order valence-electron chi connectivity index (χ3n) is 7.84. The molecule has 10 nitrogen and oxygen atoms in total. The third-order valence-corrected chi connectivity index (χ3v) is 7.84. The first kappa shape index (κ1) is 28.7. The van der Waals surface area contributed by atoms with Crippen LogP contribution in [0.25, 0.3) is 28.0 Å². The Hall–Kier alpha value is -4.85. The Bertz CT molecular complexity index is 1830. The van der Waals surface area contributed by atoms with Gasteiger partial charge in [-0.1, -0.05) is 26.0 Å². The first-order valence-electron chi connectivity index (χ1n) is 13.8. The number of fused-ring (bicyclic) bond motifs is 1. The lowest BCUT2D eigenvalue weighted by Gasteiger charge is -2.43. The summed E-state index contributed by atoms with van der Waals surface area (Å²) in [6.45, 7) is 11.6. The van der Waals surface area contributed by atoms with Crippen molar-refractivity contribution in [2.45, 2.75) is 59.5 Å². The van der Waals surface area contributed by atoms with E-state index in [4.69, 9.17) is 4.98 Å². The van der Waals surface area contributed by atoms with Crippen LogP contribution in [0.2, 0.25) is 0 Å². The van der Waals surface area contributed by atoms with Crippen molar-refractivity contribution in [1.29, 1.82) is 5.26 Å². The number of hydrogen-bond donors (Lipinski definition) is 1. The number of pyridine rings is 2. The number of benzene rings is 1. The fourth-order valence-corrected chi connectivity index (χ4v) is 5.64. The second-order valence-corrected chi connectivity index (χ2v) is 11.2. The minimum absolute atomic E-state index is 0.0430. The molecule has 1 fully saturated rings. The molecule has 5 rings (SSSR count). The quantitative estimate of drug-likeness (QED) is 0.357. The van der Waals surface area contributed by atoms with Gasteiger partial charge in [-0.25, -0.2) is 23.5 Å². The first-order valence-corrected chi connectivity index (χ1v) is 13.8. The number of carboxylic acid groups (broad SMARTS) is 1. The first-order chi connectivity index (χ1) is 19.9. The van der Waals surface area contributed by atoms with Gasteiger partial charge in [0.05, 0.1) is 28.0 Å². The highest BCUT2D eigenvalue weighted by atomic mass is 19.1. The zero-order valence-corrected chi connectivity index (χ0v) is 24.4. The molecule has 1 amide bonds. The SMILES string of the molecule is Cc1cccc(-c2nc3c(cc2C#N)c(N2C[C@@H](C)N(C(=O)O)C[C@@H]2C)nc(=O)n3-c2c(C)ccnc2C(C)C)c1F. The van der Waals surface area contributed by atoms with Crippen LogP contribution < -0.4 is 10.6 Å². The van der Waals surface area contributed by atoms with Gasteiger partial charge in [0.15, 0.2) is 5.65 Å². The smallest absolute Gasteiger partial charge is 0.407 e. The van der Waals surface area contributed by atoms with Gasteiger partial charge in [0, 0.05) is 36.9 Å². The Morgan fingerprint density at radius 1 is 1.12 bits per heavy atom. The number of halogens is 1. The second kappa shape index (κ2) is 10.9. The highest BCUT2D eigenvalue weighted by Gasteiger charge is 2.35. The van der Waals surface area contributed by atoms with Gasteiger partial charge in [0.2, 0.25) is 0 Å². The Labute approximate surface area is 242 Å². The minimum Gasteiger partial charge on any atom is -0.465 e. The van der Waals surface area contributed by atoms with Gasteiger partial charge in [0.25, 0.3) is 0 Å². The maximum absolute atomic E-state index is 15.4. The largest absolute Gasteiger partial charge is 0.465 e. The number of piperazine rings is 1. The summed E-state index contributed by atoms with van der Waals surface area (Å²) in [6, 6.07) is 9.74. The maximum atomic E-state index is 15.4. The second-order valence-electron chi connectivity index (χ2n) is 11.2. The predicted octanol–water partition coefficient (Wildman–Crippen LogP) is 5.17. The van der Waals surface area contributed by atoms with E-state index in [9.17, 15) is 20.0 Å². The summed E-state index contributed by atoms with van der Waals surface area (Å²) in [6.07, 6.45) is 0.664. The van der Waals surface area contributed by atoms with E-state index in [2.05, 4.69) is 16.0 Å². The molecule has 1 aliphatic heterocycles. The summed E-state index contributed by atoms with van der Waals surface area (Å²) in [5.74, 6) is -0.251. The monoisotopic (exact) mass is 569 g/mol. The Balaban J connectivity index is 1.89. The molecule has 0 spiro atoms. The molecule has 3 aromatic heterocycles. The zero-order valence-electron chi connectivity index (χ0n) is 24.4. The molecular weight excluding hydrogens is 537 g/mol. The van der Waals surface area contributed by atoms with E-state index in [1.807, 2.05) is 32.6 Å². The fraction of sp³-hybridized carbons (Fsp3) is 0.355. The highest BCUT2D eigenvalue weighted by molar-refractivity contribution is 5.92. The van der Waals surface area contributed by atoms with Gasteiger partial charge >= 0.3 is 11.8 Å². The van der Waals surface area contributed by atoms with Gasteiger partial charge in [0.1, 0.15) is 17.7 Å². The standard InChI is InChI=1S/C31H32FN7O3/c1-16(2)25-27(18(4)10-11-34-25)39-29-23(12-21(13-33)26(35-29)22-9-7-8-17(3)24(22)32)28(36-30(39)40)37-14-20(6)38(31(41)42)15-19(37)5/h7-12,16,19-20H,14-15H2,1-6H3,(H,41,42)/t19-,20+/m0/s1. The van der Waals surface area contributed by atoms with E-state index in [0.29, 0.717) is 28.1 Å². The van der Waals surface area contributed by atoms with Gasteiger partial charge in [-0.2, -0.15) is 10.2 Å². The third kappa shape index (κ3) is 4.72. The fourth-order valence-electron chi connectivity index (χ4n) is 5.64. The molecule has 0 bridgehead atoms. The van der Waals surface area contributed by atoms with Crippen LogP contribution in [-0.4, -0.2) is 60.8 Å². The van der Waals surface area contributed by atoms with Crippen LogP contribution in [0.4, 0.5) is 15.0 Å². The molecule has 11 heteroatoms. The number of aromatic nitrogens is 4. The number of aryl methyl sites for hydroxylation is 2. The number of rotatable bonds is 4. The molecule has 2 atom stereocenters. The average Bonchev–Trinajstić information content (AvgIpc) is 2.94. The highest BCUT2D eigenvalue weighted by Crippen LogP contribution is 2.35. The summed E-state index contributed by atoms with van der Waals surface area (Å²) in [5, 5.41) is 20.3. The van der Waals surface area contributed by atoms with Gasteiger partial charge in [-0.3, -0.25) is 4.98 Å². The summed E-state index contributed by atoms with van der Waals surface area (Å²) < 4.78 is 16.8. The topological polar surface area (TPSA) is 128 Å². The van der Waals surface area contributed by atoms with Crippen molar-refractivity contribution in [1.82, 2.24) is 24.4 Å². The van der Waals surface area contributed by atoms with Crippen molar-refractivity contribution < 1.29 is 14.3 Å². The molecule has 1 saturated heterocycles. The number of hydrogen-bond acceptors (Lipinski definition) is 7. The van der Waals surface area contributed by atoms with E-state index >= 15 is 4.39 Å². The van der Waals surface area contributed by atoms with Crippen LogP contribution in [0.3, 0.4) is 0 Å². The van der Waals surface area contributed by atoms with Crippen molar-refractivity contribution in [2.24, 2.45) is 0 Å². The van der Waals surface area contributed by atoms with Crippen LogP contribution in [-0.2, 0) is 0 Å². The lowest BCUT2D eigenvalue weighted by atomic mass is 10.0. The number of anilines is 1. The summed E-state index contributed by atoms with van der Waals surface area (Å²) in [7, 11) is 0. The van der Waals surface area contributed by atoms with E-state index in [0.717, 1.165) is 5.56 Å². The molecule has 0 aliphatic carbocycles. The van der Waals surface area contributed by atoms with Crippen molar-refractivity contribution in [3.63, 3.8) is 0 Å². The van der Waals surface area contributed by atoms with Gasteiger partial charge in [-0.05, 0) is 62.9 Å². The molecule has 4 heterocycles. The Kier molecular flexibility index (Phi) is 7.41. The molecule has 42 heavy (non-hydrogen) atoms. The normalized spacial score (nSPS) is 17.1. The van der Waals surface area contributed by atoms with Gasteiger partial charge < -0.3 is 14.9 Å². The van der Waals surface area contributed by atoms with Crippen LogP contribution in [0, 0.1) is 31.0 Å². The van der Waals surface area contributed by atoms with E-state index < -0.39 is 17.6 Å². The van der Waals surface area contributed by atoms with E-state index in [1.165, 1.54) is 9.47 Å². The molecule has 0 saturated carbocycles. The Morgan fingerprint density at radius 2 is 1.86 bits per heavy atom. The van der Waals surface area contributed by atoms with Crippen molar-refractivity contribution >= 4 is 22.9 Å². The summed E-state index contributed by atoms with van der Waals surface area (Å²) >= 11 is 0. The van der Waals surface area contributed by atoms with Crippen LogP contribution >= 0.6 is 0 Å². The molecule has 0 radical (unpaired) electrons. The zero-order chi connectivity index (χ0) is 30.5. The van der Waals surface area contributed by atoms with Crippen molar-refractivity contribution in [2.75, 3.05) is 18.0 Å². The van der Waals surface area contributed by atoms with Crippen molar-refractivity contribution in [3.8, 4) is 23.0 Å². The van der Waals surface area contributed by atoms with E-state index in [1.54, 1.807) is 50.4 Å². The van der Waals surface area contributed by atoms with Gasteiger partial charge in [-0.15, -0.1) is 0 Å². The maximum Gasteiger partial charge on any atom is 0.407 e. The number of carbonyl (C=O) groups is 1. The van der Waals surface area contributed by atoms with Crippen LogP contribution in [0.5, 0.6) is 0 Å². The molecule has 0 unspecified atom stereocenters. The number of nitrogens with zero attached hydrogens (tertiary/aromatic N) is 7. The predicted molar refractivity (Wildman–Crippen MR) is 158 cm³/mol. The molecule has 4 aromatic rings. The molecule has 1 aromatic carbocycles. The number of nitriles is 1.